The molecule has 1 heterocycles. The maximum atomic E-state index is 12.0. The van der Waals surface area contributed by atoms with E-state index in [0.29, 0.717) is 11.4 Å². The highest BCUT2D eigenvalue weighted by molar-refractivity contribution is 7.85. The highest BCUT2D eigenvalue weighted by atomic mass is 32.2. The average Bonchev–Trinajstić information content (AvgIpc) is 2.01. The summed E-state index contributed by atoms with van der Waals surface area (Å²) in [6.07, 6.45) is 0. The van der Waals surface area contributed by atoms with Gasteiger partial charge in [0.2, 0.25) is 5.16 Å². The Morgan fingerprint density at radius 2 is 1.77 bits per heavy atom. The molecule has 0 radical (unpaired) electrons. The first-order valence-electron chi connectivity index (χ1n) is 3.51. The molecule has 0 aliphatic heterocycles. The van der Waals surface area contributed by atoms with Crippen molar-refractivity contribution in [3.8, 4) is 0 Å². The van der Waals surface area contributed by atoms with Crippen molar-refractivity contribution >= 4 is 10.8 Å². The maximum absolute atomic E-state index is 12.0. The molecule has 6 heteroatoms. The molecule has 0 N–H and O–H groups in total. The Kier molecular flexibility index (Phi) is 3.02. The van der Waals surface area contributed by atoms with Gasteiger partial charge in [-0.05, 0) is 19.9 Å². The van der Waals surface area contributed by atoms with Crippen LogP contribution in [0.25, 0.3) is 0 Å². The molecular formula is C7H8F2N2OS. The highest BCUT2D eigenvalue weighted by Gasteiger charge is 2.18. The summed E-state index contributed by atoms with van der Waals surface area (Å²) in [6, 6.07) is 1.63. The van der Waals surface area contributed by atoms with Crippen molar-refractivity contribution in [2.24, 2.45) is 0 Å². The van der Waals surface area contributed by atoms with Gasteiger partial charge in [0.1, 0.15) is 0 Å². The minimum atomic E-state index is -2.93. The molecule has 0 aliphatic carbocycles. The Hall–Kier alpha value is -0.910. The Balaban J connectivity index is 3.08. The first kappa shape index (κ1) is 10.2. The van der Waals surface area contributed by atoms with E-state index in [1.54, 1.807) is 19.9 Å². The molecule has 1 aromatic rings. The molecule has 1 aromatic heterocycles. The van der Waals surface area contributed by atoms with Gasteiger partial charge in [-0.15, -0.1) is 0 Å². The Morgan fingerprint density at radius 1 is 1.31 bits per heavy atom. The topological polar surface area (TPSA) is 42.9 Å². The van der Waals surface area contributed by atoms with Crippen molar-refractivity contribution in [1.82, 2.24) is 9.97 Å². The van der Waals surface area contributed by atoms with Crippen LogP contribution in [0.3, 0.4) is 0 Å². The zero-order chi connectivity index (χ0) is 10.0. The fourth-order valence-corrected chi connectivity index (χ4v) is 1.49. The third-order valence-corrected chi connectivity index (χ3v) is 2.17. The first-order valence-corrected chi connectivity index (χ1v) is 4.73. The molecule has 0 aromatic carbocycles. The molecule has 0 saturated carbocycles. The van der Waals surface area contributed by atoms with Crippen molar-refractivity contribution in [1.29, 1.82) is 0 Å². The van der Waals surface area contributed by atoms with Gasteiger partial charge in [-0.2, -0.15) is 8.78 Å². The molecule has 0 saturated heterocycles. The van der Waals surface area contributed by atoms with Gasteiger partial charge in [-0.3, -0.25) is 0 Å². The van der Waals surface area contributed by atoms with Gasteiger partial charge in [-0.1, -0.05) is 0 Å². The standard InChI is InChI=1S/C7H8F2N2OS/c1-4-3-5(2)11-7(10-4)13(12)6(8)9/h3,6H,1-2H3. The van der Waals surface area contributed by atoms with E-state index in [4.69, 9.17) is 0 Å². The molecule has 72 valence electrons. The van der Waals surface area contributed by atoms with Gasteiger partial charge in [0.25, 0.3) is 0 Å². The molecule has 13 heavy (non-hydrogen) atoms. The fraction of sp³-hybridized carbons (Fsp3) is 0.429. The summed E-state index contributed by atoms with van der Waals surface area (Å²) in [4.78, 5) is 7.33. The summed E-state index contributed by atoms with van der Waals surface area (Å²) in [5, 5.41) is -0.299. The van der Waals surface area contributed by atoms with E-state index in [1.807, 2.05) is 0 Å². The Morgan fingerprint density at radius 3 is 2.15 bits per heavy atom. The van der Waals surface area contributed by atoms with Crippen molar-refractivity contribution in [2.45, 2.75) is 24.8 Å². The minimum Gasteiger partial charge on any atom is -0.245 e. The number of aromatic nitrogens is 2. The van der Waals surface area contributed by atoms with Gasteiger partial charge in [0.15, 0.2) is 10.8 Å². The second kappa shape index (κ2) is 3.87. The third-order valence-electron chi connectivity index (χ3n) is 1.30. The predicted molar refractivity (Wildman–Crippen MR) is 43.9 cm³/mol. The normalized spacial score (nSPS) is 13.3. The van der Waals surface area contributed by atoms with Crippen LogP contribution in [0.15, 0.2) is 11.2 Å². The Bertz CT molecular complexity index is 323. The smallest absolute Gasteiger partial charge is 0.245 e. The zero-order valence-corrected chi connectivity index (χ0v) is 7.94. The maximum Gasteiger partial charge on any atom is 0.319 e. The second-order valence-corrected chi connectivity index (χ2v) is 3.81. The first-order chi connectivity index (χ1) is 6.00. The molecule has 1 atom stereocenters. The van der Waals surface area contributed by atoms with Crippen LogP contribution in [-0.2, 0) is 10.8 Å². The number of hydrogen-bond acceptors (Lipinski definition) is 3. The molecule has 1 rings (SSSR count). The van der Waals surface area contributed by atoms with Crippen LogP contribution < -0.4 is 0 Å². The van der Waals surface area contributed by atoms with E-state index in [9.17, 15) is 13.0 Å². The Labute approximate surface area is 76.7 Å². The van der Waals surface area contributed by atoms with Crippen molar-refractivity contribution in [3.05, 3.63) is 17.5 Å². The van der Waals surface area contributed by atoms with Crippen LogP contribution in [0.5, 0.6) is 0 Å². The lowest BCUT2D eigenvalue weighted by Gasteiger charge is -2.01. The van der Waals surface area contributed by atoms with Gasteiger partial charge in [0.05, 0.1) is 0 Å². The van der Waals surface area contributed by atoms with Crippen molar-refractivity contribution in [2.75, 3.05) is 0 Å². The zero-order valence-electron chi connectivity index (χ0n) is 7.12. The summed E-state index contributed by atoms with van der Waals surface area (Å²) < 4.78 is 34.9. The number of rotatable bonds is 2. The van der Waals surface area contributed by atoms with E-state index in [2.05, 4.69) is 9.97 Å². The fourth-order valence-electron chi connectivity index (χ4n) is 0.863. The van der Waals surface area contributed by atoms with Gasteiger partial charge in [0, 0.05) is 11.4 Å². The molecule has 0 spiro atoms. The molecule has 0 aliphatic rings. The van der Waals surface area contributed by atoms with Crippen LogP contribution in [0.4, 0.5) is 8.78 Å². The number of halogens is 2. The highest BCUT2D eigenvalue weighted by Crippen LogP contribution is 2.10. The van der Waals surface area contributed by atoms with E-state index >= 15 is 0 Å². The van der Waals surface area contributed by atoms with Crippen LogP contribution in [0, 0.1) is 13.8 Å². The molecular weight excluding hydrogens is 198 g/mol. The summed E-state index contributed by atoms with van der Waals surface area (Å²) in [7, 11) is -2.41. The lowest BCUT2D eigenvalue weighted by atomic mass is 10.4. The molecule has 0 amide bonds. The summed E-state index contributed by atoms with van der Waals surface area (Å²) in [5.41, 5.74) is 1.08. The van der Waals surface area contributed by atoms with Crippen molar-refractivity contribution in [3.63, 3.8) is 0 Å². The van der Waals surface area contributed by atoms with Gasteiger partial charge >= 0.3 is 5.76 Å². The average molecular weight is 206 g/mol. The monoisotopic (exact) mass is 206 g/mol. The van der Waals surface area contributed by atoms with Gasteiger partial charge in [-0.25, -0.2) is 14.2 Å². The van der Waals surface area contributed by atoms with Crippen LogP contribution in [0.2, 0.25) is 0 Å². The van der Waals surface area contributed by atoms with Crippen LogP contribution >= 0.6 is 0 Å². The van der Waals surface area contributed by atoms with E-state index in [0.717, 1.165) is 0 Å². The lowest BCUT2D eigenvalue weighted by molar-refractivity contribution is 0.243. The third kappa shape index (κ3) is 2.51. The van der Waals surface area contributed by atoms with Crippen LogP contribution in [0.1, 0.15) is 11.4 Å². The largest absolute Gasteiger partial charge is 0.319 e. The lowest BCUT2D eigenvalue weighted by Crippen LogP contribution is -2.08. The summed E-state index contributed by atoms with van der Waals surface area (Å²) in [5.74, 6) is -2.93. The predicted octanol–water partition coefficient (Wildman–Crippen LogP) is 1.42. The van der Waals surface area contributed by atoms with E-state index in [-0.39, 0.29) is 5.16 Å². The van der Waals surface area contributed by atoms with E-state index in [1.165, 1.54) is 0 Å². The summed E-state index contributed by atoms with van der Waals surface area (Å²) in [6.45, 7) is 3.28. The molecule has 1 unspecified atom stereocenters. The number of aryl methyl sites for hydroxylation is 2. The van der Waals surface area contributed by atoms with E-state index < -0.39 is 16.6 Å². The molecule has 3 nitrogen and oxygen atoms in total. The minimum absolute atomic E-state index is 0.299. The second-order valence-electron chi connectivity index (χ2n) is 2.49. The number of alkyl halides is 2. The van der Waals surface area contributed by atoms with Crippen LogP contribution in [-0.4, -0.2) is 19.9 Å². The molecule has 0 bridgehead atoms. The SMILES string of the molecule is Cc1cc(C)nc(S(=O)C(F)F)n1. The van der Waals surface area contributed by atoms with Crippen molar-refractivity contribution < 1.29 is 13.0 Å². The summed E-state index contributed by atoms with van der Waals surface area (Å²) >= 11 is 0. The number of nitrogens with zero attached hydrogens (tertiary/aromatic N) is 2. The quantitative estimate of drug-likeness (QED) is 0.687. The number of hydrogen-bond donors (Lipinski definition) is 0. The molecule has 0 fully saturated rings. The van der Waals surface area contributed by atoms with Gasteiger partial charge < -0.3 is 0 Å².